The maximum Gasteiger partial charge on any atom is 0.0847 e. The largest absolute Gasteiger partial charge is 0.251 e. The third-order valence-corrected chi connectivity index (χ3v) is 3.71. The second-order valence-corrected chi connectivity index (χ2v) is 4.97. The molecule has 2 aromatic rings. The number of nitrogens with zero attached hydrogens (tertiary/aromatic N) is 1. The van der Waals surface area contributed by atoms with Gasteiger partial charge in [-0.05, 0) is 59.3 Å². The molecule has 0 unspecified atom stereocenters. The van der Waals surface area contributed by atoms with E-state index in [-0.39, 0.29) is 0 Å². The van der Waals surface area contributed by atoms with Gasteiger partial charge >= 0.3 is 0 Å². The number of aryl methyl sites for hydroxylation is 2. The molecule has 3 rings (SSSR count). The van der Waals surface area contributed by atoms with Crippen molar-refractivity contribution in [1.82, 2.24) is 4.98 Å². The minimum absolute atomic E-state index is 1.10. The molecule has 2 heteroatoms. The SMILES string of the molecule is Brc1cccc2cc3c(nc12)CCCC3. The lowest BCUT2D eigenvalue weighted by Gasteiger charge is -2.15. The fourth-order valence-electron chi connectivity index (χ4n) is 2.29. The summed E-state index contributed by atoms with van der Waals surface area (Å²) < 4.78 is 1.10. The van der Waals surface area contributed by atoms with E-state index >= 15 is 0 Å². The Balaban J connectivity index is 2.31. The first kappa shape index (κ1) is 9.34. The standard InChI is InChI=1S/C13H12BrN/c14-11-6-3-5-10-8-9-4-1-2-7-12(9)15-13(10)11/h3,5-6,8H,1-2,4,7H2. The first-order valence-electron chi connectivity index (χ1n) is 5.41. The summed E-state index contributed by atoms with van der Waals surface area (Å²) in [5.41, 5.74) is 3.87. The highest BCUT2D eigenvalue weighted by Crippen LogP contribution is 2.27. The number of hydrogen-bond acceptors (Lipinski definition) is 1. The molecule has 1 aliphatic rings. The van der Waals surface area contributed by atoms with Gasteiger partial charge in [0.1, 0.15) is 0 Å². The summed E-state index contributed by atoms with van der Waals surface area (Å²) in [4.78, 5) is 4.77. The van der Waals surface area contributed by atoms with Gasteiger partial charge in [0.2, 0.25) is 0 Å². The molecule has 0 atom stereocenters. The van der Waals surface area contributed by atoms with Crippen LogP contribution in [0.15, 0.2) is 28.7 Å². The summed E-state index contributed by atoms with van der Waals surface area (Å²) in [6.45, 7) is 0. The van der Waals surface area contributed by atoms with Crippen LogP contribution in [0.4, 0.5) is 0 Å². The van der Waals surface area contributed by atoms with Crippen LogP contribution in [0, 0.1) is 0 Å². The fraction of sp³-hybridized carbons (Fsp3) is 0.308. The van der Waals surface area contributed by atoms with Gasteiger partial charge in [-0.15, -0.1) is 0 Å². The molecule has 0 N–H and O–H groups in total. The summed E-state index contributed by atoms with van der Waals surface area (Å²) in [6, 6.07) is 8.58. The highest BCUT2D eigenvalue weighted by Gasteiger charge is 2.12. The van der Waals surface area contributed by atoms with Crippen LogP contribution in [-0.2, 0) is 12.8 Å². The molecule has 15 heavy (non-hydrogen) atoms. The van der Waals surface area contributed by atoms with Crippen LogP contribution in [0.2, 0.25) is 0 Å². The van der Waals surface area contributed by atoms with Crippen molar-refractivity contribution in [3.05, 3.63) is 40.0 Å². The zero-order valence-electron chi connectivity index (χ0n) is 8.46. The third kappa shape index (κ3) is 1.57. The Morgan fingerprint density at radius 3 is 2.93 bits per heavy atom. The molecule has 1 aliphatic carbocycles. The molecule has 76 valence electrons. The second-order valence-electron chi connectivity index (χ2n) is 4.11. The number of para-hydroxylation sites is 1. The van der Waals surface area contributed by atoms with Crippen LogP contribution in [0.1, 0.15) is 24.1 Å². The second kappa shape index (κ2) is 3.60. The van der Waals surface area contributed by atoms with E-state index in [4.69, 9.17) is 4.98 Å². The molecular formula is C13H12BrN. The van der Waals surface area contributed by atoms with Crippen molar-refractivity contribution in [2.24, 2.45) is 0 Å². The Morgan fingerprint density at radius 2 is 2.00 bits per heavy atom. The maximum absolute atomic E-state index is 4.77. The van der Waals surface area contributed by atoms with Crippen molar-refractivity contribution in [3.63, 3.8) is 0 Å². The van der Waals surface area contributed by atoms with Crippen molar-refractivity contribution >= 4 is 26.8 Å². The summed E-state index contributed by atoms with van der Waals surface area (Å²) in [7, 11) is 0. The lowest BCUT2D eigenvalue weighted by molar-refractivity contribution is 0.671. The molecule has 1 heterocycles. The van der Waals surface area contributed by atoms with E-state index in [0.717, 1.165) is 16.4 Å². The van der Waals surface area contributed by atoms with Gasteiger partial charge in [0.05, 0.1) is 5.52 Å². The highest BCUT2D eigenvalue weighted by atomic mass is 79.9. The normalized spacial score (nSPS) is 15.3. The van der Waals surface area contributed by atoms with Gasteiger partial charge in [-0.25, -0.2) is 0 Å². The fourth-order valence-corrected chi connectivity index (χ4v) is 2.76. The Kier molecular flexibility index (Phi) is 2.24. The monoisotopic (exact) mass is 261 g/mol. The van der Waals surface area contributed by atoms with Crippen molar-refractivity contribution < 1.29 is 0 Å². The molecule has 0 aliphatic heterocycles. The average molecular weight is 262 g/mol. The van der Waals surface area contributed by atoms with Crippen molar-refractivity contribution in [2.75, 3.05) is 0 Å². The molecule has 0 saturated heterocycles. The zero-order chi connectivity index (χ0) is 10.3. The molecular weight excluding hydrogens is 250 g/mol. The van der Waals surface area contributed by atoms with Crippen LogP contribution in [-0.4, -0.2) is 4.98 Å². The Labute approximate surface area is 97.7 Å². The van der Waals surface area contributed by atoms with Crippen LogP contribution < -0.4 is 0 Å². The quantitative estimate of drug-likeness (QED) is 0.702. The Morgan fingerprint density at radius 1 is 1.13 bits per heavy atom. The number of pyridine rings is 1. The van der Waals surface area contributed by atoms with E-state index < -0.39 is 0 Å². The predicted molar refractivity (Wildman–Crippen MR) is 66.1 cm³/mol. The minimum atomic E-state index is 1.10. The first-order valence-corrected chi connectivity index (χ1v) is 6.21. The minimum Gasteiger partial charge on any atom is -0.251 e. The van der Waals surface area contributed by atoms with Gasteiger partial charge in [0, 0.05) is 15.6 Å². The van der Waals surface area contributed by atoms with Gasteiger partial charge in [-0.2, -0.15) is 0 Å². The van der Waals surface area contributed by atoms with E-state index in [2.05, 4.69) is 40.2 Å². The van der Waals surface area contributed by atoms with Crippen LogP contribution >= 0.6 is 15.9 Å². The number of benzene rings is 1. The number of hydrogen-bond donors (Lipinski definition) is 0. The lowest BCUT2D eigenvalue weighted by Crippen LogP contribution is -2.05. The number of halogens is 1. The van der Waals surface area contributed by atoms with E-state index in [1.165, 1.54) is 35.9 Å². The Hall–Kier alpha value is -0.890. The molecule has 0 radical (unpaired) electrons. The molecule has 0 fully saturated rings. The number of fused-ring (bicyclic) bond motifs is 2. The molecule has 1 nitrogen and oxygen atoms in total. The summed E-state index contributed by atoms with van der Waals surface area (Å²) in [5, 5.41) is 1.25. The van der Waals surface area contributed by atoms with E-state index in [0.29, 0.717) is 0 Å². The summed E-state index contributed by atoms with van der Waals surface area (Å²) in [5.74, 6) is 0. The van der Waals surface area contributed by atoms with Crippen molar-refractivity contribution in [2.45, 2.75) is 25.7 Å². The van der Waals surface area contributed by atoms with E-state index in [1.807, 2.05) is 0 Å². The zero-order valence-corrected chi connectivity index (χ0v) is 10.0. The molecule has 1 aromatic heterocycles. The Bertz CT molecular complexity index is 519. The molecule has 0 saturated carbocycles. The number of rotatable bonds is 0. The van der Waals surface area contributed by atoms with Gasteiger partial charge in [-0.3, -0.25) is 4.98 Å². The van der Waals surface area contributed by atoms with Crippen LogP contribution in [0.5, 0.6) is 0 Å². The predicted octanol–water partition coefficient (Wildman–Crippen LogP) is 3.88. The number of aromatic nitrogens is 1. The van der Waals surface area contributed by atoms with Crippen LogP contribution in [0.3, 0.4) is 0 Å². The average Bonchev–Trinajstić information content (AvgIpc) is 2.27. The smallest absolute Gasteiger partial charge is 0.0847 e. The first-order chi connectivity index (χ1) is 7.34. The van der Waals surface area contributed by atoms with Gasteiger partial charge in [0.15, 0.2) is 0 Å². The van der Waals surface area contributed by atoms with Crippen LogP contribution in [0.25, 0.3) is 10.9 Å². The molecule has 0 amide bonds. The summed E-state index contributed by atoms with van der Waals surface area (Å²) in [6.07, 6.45) is 4.95. The van der Waals surface area contributed by atoms with Gasteiger partial charge in [-0.1, -0.05) is 12.1 Å². The third-order valence-electron chi connectivity index (χ3n) is 3.07. The maximum atomic E-state index is 4.77. The topological polar surface area (TPSA) is 12.9 Å². The van der Waals surface area contributed by atoms with Crippen molar-refractivity contribution in [3.8, 4) is 0 Å². The molecule has 1 aromatic carbocycles. The van der Waals surface area contributed by atoms with E-state index in [9.17, 15) is 0 Å². The molecule has 0 bridgehead atoms. The molecule has 0 spiro atoms. The summed E-state index contributed by atoms with van der Waals surface area (Å²) >= 11 is 3.56. The van der Waals surface area contributed by atoms with Gasteiger partial charge in [0.25, 0.3) is 0 Å². The van der Waals surface area contributed by atoms with E-state index in [1.54, 1.807) is 0 Å². The lowest BCUT2D eigenvalue weighted by atomic mass is 9.95. The van der Waals surface area contributed by atoms with Crippen molar-refractivity contribution in [1.29, 1.82) is 0 Å². The van der Waals surface area contributed by atoms with Gasteiger partial charge < -0.3 is 0 Å². The highest BCUT2D eigenvalue weighted by molar-refractivity contribution is 9.10.